The molecule has 0 bridgehead atoms. The van der Waals surface area contributed by atoms with Crippen LogP contribution in [0, 0.1) is 0 Å². The molecule has 1 aliphatic rings. The van der Waals surface area contributed by atoms with E-state index in [2.05, 4.69) is 26.5 Å². The van der Waals surface area contributed by atoms with Gasteiger partial charge in [-0.2, -0.15) is 9.41 Å². The molecule has 1 saturated heterocycles. The molecular formula is C20H20BrClN4O5S. The summed E-state index contributed by atoms with van der Waals surface area (Å²) in [5.74, 6) is -0.681. The topological polar surface area (TPSA) is 131 Å². The van der Waals surface area contributed by atoms with Crippen LogP contribution in [0.15, 0.2) is 56.9 Å². The highest BCUT2D eigenvalue weighted by molar-refractivity contribution is 9.10. The normalized spacial score (nSPS) is 16.9. The van der Waals surface area contributed by atoms with Gasteiger partial charge in [-0.05, 0) is 76.8 Å². The van der Waals surface area contributed by atoms with Crippen molar-refractivity contribution in [2.24, 2.45) is 10.8 Å². The number of nitrogens with one attached hydrogen (secondary N) is 1. The molecule has 3 N–H and O–H groups in total. The van der Waals surface area contributed by atoms with Crippen LogP contribution < -0.4 is 15.9 Å². The molecule has 0 radical (unpaired) electrons. The zero-order chi connectivity index (χ0) is 23.3. The van der Waals surface area contributed by atoms with Crippen LogP contribution in [-0.4, -0.2) is 49.9 Å². The van der Waals surface area contributed by atoms with Gasteiger partial charge in [-0.25, -0.2) is 13.8 Å². The highest BCUT2D eigenvalue weighted by Crippen LogP contribution is 2.27. The number of halogens is 2. The fraction of sp³-hybridized carbons (Fsp3) is 0.250. The monoisotopic (exact) mass is 542 g/mol. The molecule has 1 fully saturated rings. The molecular weight excluding hydrogens is 524 g/mol. The number of nitrogens with two attached hydrogens (primary N) is 1. The molecule has 32 heavy (non-hydrogen) atoms. The van der Waals surface area contributed by atoms with Crippen LogP contribution >= 0.6 is 27.5 Å². The van der Waals surface area contributed by atoms with Crippen LogP contribution in [-0.2, 0) is 19.6 Å². The van der Waals surface area contributed by atoms with Gasteiger partial charge in [-0.3, -0.25) is 9.59 Å². The van der Waals surface area contributed by atoms with Crippen molar-refractivity contribution in [2.75, 3.05) is 13.2 Å². The van der Waals surface area contributed by atoms with Gasteiger partial charge in [0.05, 0.1) is 15.6 Å². The summed E-state index contributed by atoms with van der Waals surface area (Å²) < 4.78 is 32.9. The maximum Gasteiger partial charge on any atom is 0.258 e. The summed E-state index contributed by atoms with van der Waals surface area (Å²) in [6.45, 7) is -0.00855. The maximum atomic E-state index is 12.9. The van der Waals surface area contributed by atoms with Crippen LogP contribution in [0.5, 0.6) is 5.75 Å². The lowest BCUT2D eigenvalue weighted by molar-refractivity contribution is -0.124. The van der Waals surface area contributed by atoms with Gasteiger partial charge < -0.3 is 10.5 Å². The highest BCUT2D eigenvalue weighted by Gasteiger charge is 2.39. The third-order valence-electron chi connectivity index (χ3n) is 4.64. The lowest BCUT2D eigenvalue weighted by atomic mass is 10.2. The minimum atomic E-state index is -3.84. The molecule has 170 valence electrons. The van der Waals surface area contributed by atoms with E-state index < -0.39 is 27.9 Å². The molecule has 9 nitrogen and oxygen atoms in total. The summed E-state index contributed by atoms with van der Waals surface area (Å²) in [4.78, 5) is 23.5. The molecule has 1 heterocycles. The van der Waals surface area contributed by atoms with Gasteiger partial charge >= 0.3 is 0 Å². The van der Waals surface area contributed by atoms with E-state index in [1.807, 2.05) is 0 Å². The van der Waals surface area contributed by atoms with Gasteiger partial charge in [0.2, 0.25) is 10.0 Å². The summed E-state index contributed by atoms with van der Waals surface area (Å²) in [7, 11) is -3.84. The van der Waals surface area contributed by atoms with E-state index in [4.69, 9.17) is 22.1 Å². The predicted molar refractivity (Wildman–Crippen MR) is 123 cm³/mol. The van der Waals surface area contributed by atoms with Crippen molar-refractivity contribution >= 4 is 55.6 Å². The van der Waals surface area contributed by atoms with E-state index in [0.29, 0.717) is 33.6 Å². The third-order valence-corrected chi connectivity index (χ3v) is 7.43. The number of carbonyl (C=O) groups is 2. The fourth-order valence-corrected chi connectivity index (χ4v) is 5.43. The molecule has 3 rings (SSSR count). The molecule has 0 aliphatic carbocycles. The zero-order valence-electron chi connectivity index (χ0n) is 16.7. The SMILES string of the molecule is NC(=O)COc1ccc(/C=N\NC(=O)[C@H]2CCCN2S(=O)(=O)c2ccc(Cl)cc2)cc1Br. The number of hydrogen-bond donors (Lipinski definition) is 2. The average molecular weight is 544 g/mol. The van der Waals surface area contributed by atoms with E-state index in [-0.39, 0.29) is 18.0 Å². The molecule has 1 atom stereocenters. The van der Waals surface area contributed by atoms with Crippen molar-refractivity contribution in [3.63, 3.8) is 0 Å². The highest BCUT2D eigenvalue weighted by atomic mass is 79.9. The van der Waals surface area contributed by atoms with Crippen molar-refractivity contribution in [1.29, 1.82) is 0 Å². The lowest BCUT2D eigenvalue weighted by Crippen LogP contribution is -2.44. The van der Waals surface area contributed by atoms with Crippen LogP contribution in [0.3, 0.4) is 0 Å². The molecule has 2 amide bonds. The second kappa shape index (κ2) is 10.4. The Hall–Kier alpha value is -2.47. The maximum absolute atomic E-state index is 12.9. The summed E-state index contributed by atoms with van der Waals surface area (Å²) in [5, 5.41) is 4.36. The number of carbonyl (C=O) groups excluding carboxylic acids is 2. The van der Waals surface area contributed by atoms with Crippen molar-refractivity contribution in [1.82, 2.24) is 9.73 Å². The van der Waals surface area contributed by atoms with E-state index >= 15 is 0 Å². The lowest BCUT2D eigenvalue weighted by Gasteiger charge is -2.22. The minimum absolute atomic E-state index is 0.0774. The Morgan fingerprint density at radius 3 is 2.66 bits per heavy atom. The van der Waals surface area contributed by atoms with Gasteiger partial charge in [-0.15, -0.1) is 0 Å². The first-order chi connectivity index (χ1) is 15.2. The number of rotatable bonds is 8. The number of ether oxygens (including phenoxy) is 1. The average Bonchev–Trinajstić information content (AvgIpc) is 3.24. The van der Waals surface area contributed by atoms with Gasteiger partial charge in [0.1, 0.15) is 11.8 Å². The number of hydrazone groups is 1. The molecule has 2 aromatic carbocycles. The molecule has 0 unspecified atom stereocenters. The minimum Gasteiger partial charge on any atom is -0.483 e. The summed E-state index contributed by atoms with van der Waals surface area (Å²) in [6, 6.07) is 9.92. The van der Waals surface area contributed by atoms with Gasteiger partial charge in [0.15, 0.2) is 6.61 Å². The molecule has 0 aromatic heterocycles. The van der Waals surface area contributed by atoms with E-state index in [1.165, 1.54) is 34.8 Å². The number of primary amides is 1. The molecule has 0 spiro atoms. The third kappa shape index (κ3) is 5.85. The number of amides is 2. The van der Waals surface area contributed by atoms with Crippen LogP contribution in [0.2, 0.25) is 5.02 Å². The van der Waals surface area contributed by atoms with Gasteiger partial charge in [-0.1, -0.05) is 11.6 Å². The largest absolute Gasteiger partial charge is 0.483 e. The summed E-state index contributed by atoms with van der Waals surface area (Å²) >= 11 is 9.16. The molecule has 0 saturated carbocycles. The first-order valence-corrected chi connectivity index (χ1v) is 12.1. The Morgan fingerprint density at radius 1 is 1.28 bits per heavy atom. The van der Waals surface area contributed by atoms with Crippen LogP contribution in [0.25, 0.3) is 0 Å². The molecule has 2 aromatic rings. The first-order valence-electron chi connectivity index (χ1n) is 9.49. The Kier molecular flexibility index (Phi) is 7.88. The zero-order valence-corrected chi connectivity index (χ0v) is 19.9. The fourth-order valence-electron chi connectivity index (χ4n) is 3.14. The second-order valence-electron chi connectivity index (χ2n) is 6.91. The van der Waals surface area contributed by atoms with Crippen molar-refractivity contribution < 1.29 is 22.7 Å². The number of nitrogens with zero attached hydrogens (tertiary/aromatic N) is 2. The Bertz CT molecular complexity index is 1140. The quantitative estimate of drug-likeness (QED) is 0.389. The smallest absolute Gasteiger partial charge is 0.258 e. The van der Waals surface area contributed by atoms with E-state index in [0.717, 1.165) is 0 Å². The Balaban J connectivity index is 1.65. The number of sulfonamides is 1. The Labute approximate surface area is 198 Å². The van der Waals surface area contributed by atoms with E-state index in [1.54, 1.807) is 18.2 Å². The molecule has 12 heteroatoms. The van der Waals surface area contributed by atoms with Gasteiger partial charge in [0, 0.05) is 11.6 Å². The van der Waals surface area contributed by atoms with Crippen molar-refractivity contribution in [2.45, 2.75) is 23.8 Å². The van der Waals surface area contributed by atoms with Crippen LogP contribution in [0.1, 0.15) is 18.4 Å². The Morgan fingerprint density at radius 2 is 2.00 bits per heavy atom. The van der Waals surface area contributed by atoms with Crippen LogP contribution in [0.4, 0.5) is 0 Å². The standard InChI is InChI=1S/C20H20BrClN4O5S/c21-16-10-13(3-8-18(16)31-12-19(23)27)11-24-25-20(28)17-2-1-9-26(17)32(29,30)15-6-4-14(22)5-7-15/h3-8,10-11,17H,1-2,9,12H2,(H2,23,27)(H,25,28)/b24-11-/t17-/m1/s1. The van der Waals surface area contributed by atoms with Crippen molar-refractivity contribution in [3.05, 3.63) is 57.5 Å². The van der Waals surface area contributed by atoms with Crippen molar-refractivity contribution in [3.8, 4) is 5.75 Å². The predicted octanol–water partition coefficient (Wildman–Crippen LogP) is 2.27. The summed E-state index contributed by atoms with van der Waals surface area (Å²) in [6.07, 6.45) is 2.37. The number of hydrogen-bond acceptors (Lipinski definition) is 6. The first kappa shape index (κ1) is 24.2. The van der Waals surface area contributed by atoms with Gasteiger partial charge in [0.25, 0.3) is 11.8 Å². The number of benzene rings is 2. The summed E-state index contributed by atoms with van der Waals surface area (Å²) in [5.41, 5.74) is 8.10. The molecule has 1 aliphatic heterocycles. The second-order valence-corrected chi connectivity index (χ2v) is 10.1. The van der Waals surface area contributed by atoms with E-state index in [9.17, 15) is 18.0 Å².